The van der Waals surface area contributed by atoms with Gasteiger partial charge in [-0.25, -0.2) is 13.4 Å². The van der Waals surface area contributed by atoms with Crippen molar-refractivity contribution in [2.45, 2.75) is 4.90 Å². The molecule has 4 rings (SSSR count). The van der Waals surface area contributed by atoms with Gasteiger partial charge >= 0.3 is 0 Å². The summed E-state index contributed by atoms with van der Waals surface area (Å²) in [5.74, 6) is 0. The van der Waals surface area contributed by atoms with E-state index < -0.39 is 10.0 Å². The van der Waals surface area contributed by atoms with Crippen LogP contribution in [-0.2, 0) is 17.1 Å². The zero-order valence-electron chi connectivity index (χ0n) is 16.5. The van der Waals surface area contributed by atoms with Crippen molar-refractivity contribution in [1.82, 2.24) is 9.55 Å². The second kappa shape index (κ2) is 7.25. The van der Waals surface area contributed by atoms with Gasteiger partial charge in [-0.2, -0.15) is 0 Å². The van der Waals surface area contributed by atoms with Gasteiger partial charge in [0.2, 0.25) is 0 Å². The van der Waals surface area contributed by atoms with Crippen LogP contribution in [0.15, 0.2) is 78.0 Å². The highest BCUT2D eigenvalue weighted by Gasteiger charge is 2.19. The van der Waals surface area contributed by atoms with Crippen molar-refractivity contribution in [3.05, 3.63) is 73.1 Å². The second-order valence-electron chi connectivity index (χ2n) is 7.07. The molecule has 148 valence electrons. The molecule has 0 aliphatic heterocycles. The van der Waals surface area contributed by atoms with Crippen LogP contribution >= 0.6 is 0 Å². The minimum atomic E-state index is -3.71. The highest BCUT2D eigenvalue weighted by atomic mass is 32.2. The molecule has 0 bridgehead atoms. The number of nitrogens with zero attached hydrogens (tertiary/aromatic N) is 3. The molecule has 4 aromatic rings. The standard InChI is InChI=1S/C22H22N4O2S/c1-25(2)17-9-7-8-16(14-17)19-15-26(3)22-21(19)20(12-13-23-22)24-29(27,28)18-10-5-4-6-11-18/h4-15H,1-3H3,(H,23,24). The Bertz CT molecular complexity index is 1280. The van der Waals surface area contributed by atoms with Crippen LogP contribution in [0.4, 0.5) is 11.4 Å². The summed E-state index contributed by atoms with van der Waals surface area (Å²) < 4.78 is 30.5. The minimum absolute atomic E-state index is 0.219. The molecule has 29 heavy (non-hydrogen) atoms. The Morgan fingerprint density at radius 2 is 1.76 bits per heavy atom. The first kappa shape index (κ1) is 19.0. The number of anilines is 2. The predicted molar refractivity (Wildman–Crippen MR) is 118 cm³/mol. The SMILES string of the molecule is CN(C)c1cccc(-c2cn(C)c3nccc(NS(=O)(=O)c4ccccc4)c23)c1. The fourth-order valence-electron chi connectivity index (χ4n) is 3.36. The van der Waals surface area contributed by atoms with Crippen LogP contribution in [0.3, 0.4) is 0 Å². The van der Waals surface area contributed by atoms with E-state index >= 15 is 0 Å². The lowest BCUT2D eigenvalue weighted by atomic mass is 10.0. The summed E-state index contributed by atoms with van der Waals surface area (Å²) >= 11 is 0. The normalized spacial score (nSPS) is 11.6. The third-order valence-electron chi connectivity index (χ3n) is 4.83. The molecule has 2 aromatic carbocycles. The maximum Gasteiger partial charge on any atom is 0.261 e. The smallest absolute Gasteiger partial charge is 0.261 e. The minimum Gasteiger partial charge on any atom is -0.378 e. The zero-order chi connectivity index (χ0) is 20.6. The van der Waals surface area contributed by atoms with Gasteiger partial charge in [-0.1, -0.05) is 30.3 Å². The molecule has 2 heterocycles. The van der Waals surface area contributed by atoms with E-state index in [-0.39, 0.29) is 4.90 Å². The summed E-state index contributed by atoms with van der Waals surface area (Å²) in [6, 6.07) is 18.2. The monoisotopic (exact) mass is 406 g/mol. The number of aromatic nitrogens is 2. The van der Waals surface area contributed by atoms with Crippen LogP contribution in [0.2, 0.25) is 0 Å². The molecule has 0 saturated carbocycles. The fraction of sp³-hybridized carbons (Fsp3) is 0.136. The Morgan fingerprint density at radius 1 is 1.00 bits per heavy atom. The van der Waals surface area contributed by atoms with Crippen molar-refractivity contribution in [1.29, 1.82) is 0 Å². The molecule has 2 aromatic heterocycles. The number of nitrogens with one attached hydrogen (secondary N) is 1. The van der Waals surface area contributed by atoms with Crippen molar-refractivity contribution >= 4 is 32.4 Å². The van der Waals surface area contributed by atoms with Gasteiger partial charge in [0.15, 0.2) is 0 Å². The van der Waals surface area contributed by atoms with Crippen molar-refractivity contribution in [3.63, 3.8) is 0 Å². The Kier molecular flexibility index (Phi) is 4.76. The lowest BCUT2D eigenvalue weighted by Gasteiger charge is -2.14. The molecule has 0 radical (unpaired) electrons. The van der Waals surface area contributed by atoms with Crippen molar-refractivity contribution in [2.24, 2.45) is 7.05 Å². The van der Waals surface area contributed by atoms with Crippen LogP contribution in [0.1, 0.15) is 0 Å². The number of fused-ring (bicyclic) bond motifs is 1. The van der Waals surface area contributed by atoms with Crippen LogP contribution in [0, 0.1) is 0 Å². The molecule has 0 spiro atoms. The number of pyridine rings is 1. The van der Waals surface area contributed by atoms with E-state index in [4.69, 9.17) is 0 Å². The predicted octanol–water partition coefficient (Wildman–Crippen LogP) is 4.11. The van der Waals surface area contributed by atoms with Gasteiger partial charge in [-0.3, -0.25) is 4.72 Å². The van der Waals surface area contributed by atoms with Gasteiger partial charge in [0, 0.05) is 44.8 Å². The maximum atomic E-state index is 12.9. The van der Waals surface area contributed by atoms with E-state index in [1.807, 2.05) is 55.0 Å². The highest BCUT2D eigenvalue weighted by molar-refractivity contribution is 7.92. The first-order chi connectivity index (χ1) is 13.9. The lowest BCUT2D eigenvalue weighted by molar-refractivity contribution is 0.601. The largest absolute Gasteiger partial charge is 0.378 e. The fourth-order valence-corrected chi connectivity index (χ4v) is 4.45. The number of hydrogen-bond acceptors (Lipinski definition) is 4. The number of rotatable bonds is 5. The van der Waals surface area contributed by atoms with Crippen LogP contribution < -0.4 is 9.62 Å². The van der Waals surface area contributed by atoms with Gasteiger partial charge in [0.05, 0.1) is 16.0 Å². The molecule has 0 saturated heterocycles. The zero-order valence-corrected chi connectivity index (χ0v) is 17.3. The molecule has 0 aliphatic carbocycles. The summed E-state index contributed by atoms with van der Waals surface area (Å²) in [7, 11) is 2.17. The summed E-state index contributed by atoms with van der Waals surface area (Å²) in [6.07, 6.45) is 3.60. The number of aryl methyl sites for hydroxylation is 1. The summed E-state index contributed by atoms with van der Waals surface area (Å²) in [5, 5.41) is 0.769. The molecule has 6 nitrogen and oxygen atoms in total. The molecule has 0 atom stereocenters. The van der Waals surface area contributed by atoms with Crippen LogP contribution in [0.5, 0.6) is 0 Å². The summed E-state index contributed by atoms with van der Waals surface area (Å²) in [5.41, 5.74) is 4.20. The summed E-state index contributed by atoms with van der Waals surface area (Å²) in [6.45, 7) is 0. The molecule has 0 aliphatic rings. The van der Waals surface area contributed by atoms with Gasteiger partial charge in [-0.15, -0.1) is 0 Å². The van der Waals surface area contributed by atoms with Crippen molar-refractivity contribution in [3.8, 4) is 11.1 Å². The van der Waals surface area contributed by atoms with Gasteiger partial charge in [0.1, 0.15) is 5.65 Å². The maximum absolute atomic E-state index is 12.9. The highest BCUT2D eigenvalue weighted by Crippen LogP contribution is 2.36. The Morgan fingerprint density at radius 3 is 2.48 bits per heavy atom. The molecular weight excluding hydrogens is 384 g/mol. The Balaban J connectivity index is 1.88. The lowest BCUT2D eigenvalue weighted by Crippen LogP contribution is -2.13. The van der Waals surface area contributed by atoms with Gasteiger partial charge in [0.25, 0.3) is 10.0 Å². The van der Waals surface area contributed by atoms with E-state index in [1.54, 1.807) is 42.6 Å². The van der Waals surface area contributed by atoms with Crippen LogP contribution in [0.25, 0.3) is 22.2 Å². The Hall–Kier alpha value is -3.32. The van der Waals surface area contributed by atoms with E-state index in [2.05, 4.69) is 15.8 Å². The van der Waals surface area contributed by atoms with E-state index in [0.717, 1.165) is 22.2 Å². The van der Waals surface area contributed by atoms with Gasteiger partial charge < -0.3 is 9.47 Å². The number of benzene rings is 2. The van der Waals surface area contributed by atoms with Gasteiger partial charge in [-0.05, 0) is 35.9 Å². The third kappa shape index (κ3) is 3.56. The van der Waals surface area contributed by atoms with Crippen molar-refractivity contribution < 1.29 is 8.42 Å². The molecule has 0 unspecified atom stereocenters. The quantitative estimate of drug-likeness (QED) is 0.542. The van der Waals surface area contributed by atoms with Crippen molar-refractivity contribution in [2.75, 3.05) is 23.7 Å². The number of hydrogen-bond donors (Lipinski definition) is 1. The molecule has 7 heteroatoms. The topological polar surface area (TPSA) is 67.2 Å². The average molecular weight is 407 g/mol. The van der Waals surface area contributed by atoms with E-state index in [1.165, 1.54) is 0 Å². The average Bonchev–Trinajstić information content (AvgIpc) is 3.06. The Labute approximate surface area is 170 Å². The van der Waals surface area contributed by atoms with Crippen LogP contribution in [-0.4, -0.2) is 32.1 Å². The van der Waals surface area contributed by atoms with E-state index in [0.29, 0.717) is 11.3 Å². The molecule has 0 fully saturated rings. The van der Waals surface area contributed by atoms with E-state index in [9.17, 15) is 8.42 Å². The second-order valence-corrected chi connectivity index (χ2v) is 8.76. The third-order valence-corrected chi connectivity index (χ3v) is 6.21. The summed E-state index contributed by atoms with van der Waals surface area (Å²) in [4.78, 5) is 6.72. The first-order valence-corrected chi connectivity index (χ1v) is 10.6. The number of sulfonamides is 1. The molecular formula is C22H22N4O2S. The molecule has 1 N–H and O–H groups in total. The first-order valence-electron chi connectivity index (χ1n) is 9.16. The molecule has 0 amide bonds.